The monoisotopic (exact) mass is 267 g/mol. The lowest BCUT2D eigenvalue weighted by atomic mass is 10.1. The SMILES string of the molecule is Cc1cccc(F)c1NCc1cc(F)c(O)c(F)c1. The minimum atomic E-state index is -1.04. The first-order valence-corrected chi connectivity index (χ1v) is 5.65. The van der Waals surface area contributed by atoms with Crippen LogP contribution in [0, 0.1) is 24.4 Å². The number of phenols is 1. The molecule has 0 aliphatic rings. The standard InChI is InChI=1S/C14H12F3NO/c1-8-3-2-4-10(15)13(8)18-7-9-5-11(16)14(19)12(17)6-9/h2-6,18-19H,7H2,1H3. The molecule has 2 nitrogen and oxygen atoms in total. The summed E-state index contributed by atoms with van der Waals surface area (Å²) in [6, 6.07) is 6.61. The van der Waals surface area contributed by atoms with Crippen molar-refractivity contribution >= 4 is 5.69 Å². The highest BCUT2D eigenvalue weighted by molar-refractivity contribution is 5.52. The molecule has 2 rings (SSSR count). The first-order chi connectivity index (χ1) is 8.99. The number of aromatic hydroxyl groups is 1. The lowest BCUT2D eigenvalue weighted by Gasteiger charge is -2.11. The molecule has 19 heavy (non-hydrogen) atoms. The molecule has 0 aliphatic carbocycles. The maximum atomic E-state index is 13.5. The third-order valence-corrected chi connectivity index (χ3v) is 2.77. The number of rotatable bonds is 3. The summed E-state index contributed by atoms with van der Waals surface area (Å²) in [6.45, 7) is 1.78. The molecule has 0 heterocycles. The maximum Gasteiger partial charge on any atom is 0.187 e. The van der Waals surface area contributed by atoms with E-state index in [-0.39, 0.29) is 17.8 Å². The molecule has 0 saturated carbocycles. The van der Waals surface area contributed by atoms with Gasteiger partial charge in [0, 0.05) is 6.54 Å². The quantitative estimate of drug-likeness (QED) is 0.888. The lowest BCUT2D eigenvalue weighted by molar-refractivity contribution is 0.395. The van der Waals surface area contributed by atoms with Crippen LogP contribution in [0.15, 0.2) is 30.3 Å². The van der Waals surface area contributed by atoms with Crippen molar-refractivity contribution in [2.45, 2.75) is 13.5 Å². The Morgan fingerprint density at radius 1 is 1.05 bits per heavy atom. The third kappa shape index (κ3) is 2.81. The molecule has 0 saturated heterocycles. The molecule has 0 aromatic heterocycles. The van der Waals surface area contributed by atoms with Crippen LogP contribution in [-0.2, 0) is 6.54 Å². The van der Waals surface area contributed by atoms with E-state index in [4.69, 9.17) is 5.11 Å². The Hall–Kier alpha value is -2.17. The minimum absolute atomic E-state index is 0.0515. The van der Waals surface area contributed by atoms with Crippen molar-refractivity contribution in [3.63, 3.8) is 0 Å². The van der Waals surface area contributed by atoms with Gasteiger partial charge in [-0.1, -0.05) is 12.1 Å². The van der Waals surface area contributed by atoms with Gasteiger partial charge in [-0.2, -0.15) is 0 Å². The van der Waals surface area contributed by atoms with Gasteiger partial charge in [-0.15, -0.1) is 0 Å². The minimum Gasteiger partial charge on any atom is -0.503 e. The molecule has 0 fully saturated rings. The summed E-state index contributed by atoms with van der Waals surface area (Å²) in [5.41, 5.74) is 1.26. The summed E-state index contributed by atoms with van der Waals surface area (Å²) in [7, 11) is 0. The second-order valence-electron chi connectivity index (χ2n) is 4.19. The second-order valence-corrected chi connectivity index (χ2v) is 4.19. The lowest BCUT2D eigenvalue weighted by Crippen LogP contribution is -2.04. The Labute approximate surface area is 108 Å². The van der Waals surface area contributed by atoms with Gasteiger partial charge in [0.2, 0.25) is 0 Å². The second kappa shape index (κ2) is 5.22. The summed E-state index contributed by atoms with van der Waals surface area (Å²) in [5, 5.41) is 11.8. The predicted molar refractivity (Wildman–Crippen MR) is 66.5 cm³/mol. The topological polar surface area (TPSA) is 32.3 Å². The molecule has 0 aliphatic heterocycles. The van der Waals surface area contributed by atoms with E-state index < -0.39 is 23.2 Å². The van der Waals surface area contributed by atoms with Crippen LogP contribution in [0.25, 0.3) is 0 Å². The fourth-order valence-corrected chi connectivity index (χ4v) is 1.77. The molecule has 0 atom stereocenters. The highest BCUT2D eigenvalue weighted by atomic mass is 19.1. The molecule has 0 amide bonds. The number of phenolic OH excluding ortho intramolecular Hbond substituents is 1. The van der Waals surface area contributed by atoms with Gasteiger partial charge in [0.25, 0.3) is 0 Å². The third-order valence-electron chi connectivity index (χ3n) is 2.77. The zero-order valence-electron chi connectivity index (χ0n) is 10.2. The van der Waals surface area contributed by atoms with Crippen LogP contribution in [0.2, 0.25) is 0 Å². The van der Waals surface area contributed by atoms with Crippen molar-refractivity contribution in [3.05, 3.63) is 58.9 Å². The Morgan fingerprint density at radius 3 is 2.26 bits per heavy atom. The van der Waals surface area contributed by atoms with Crippen molar-refractivity contribution in [3.8, 4) is 5.75 Å². The average Bonchev–Trinajstić information content (AvgIpc) is 2.35. The highest BCUT2D eigenvalue weighted by Gasteiger charge is 2.10. The van der Waals surface area contributed by atoms with E-state index >= 15 is 0 Å². The van der Waals surface area contributed by atoms with Crippen LogP contribution in [-0.4, -0.2) is 5.11 Å². The van der Waals surface area contributed by atoms with Crippen molar-refractivity contribution in [2.75, 3.05) is 5.32 Å². The predicted octanol–water partition coefficient (Wildman–Crippen LogP) is 3.73. The number of hydrogen-bond acceptors (Lipinski definition) is 2. The first-order valence-electron chi connectivity index (χ1n) is 5.65. The molecular weight excluding hydrogens is 255 g/mol. The Bertz CT molecular complexity index is 570. The molecule has 0 spiro atoms. The van der Waals surface area contributed by atoms with Gasteiger partial charge >= 0.3 is 0 Å². The summed E-state index contributed by atoms with van der Waals surface area (Å²) in [5.74, 6) is -3.52. The molecule has 100 valence electrons. The number of para-hydroxylation sites is 1. The summed E-state index contributed by atoms with van der Waals surface area (Å²) in [6.07, 6.45) is 0. The van der Waals surface area contributed by atoms with Crippen LogP contribution in [0.4, 0.5) is 18.9 Å². The largest absolute Gasteiger partial charge is 0.503 e. The number of hydrogen-bond donors (Lipinski definition) is 2. The molecule has 5 heteroatoms. The smallest absolute Gasteiger partial charge is 0.187 e. The van der Waals surface area contributed by atoms with Crippen LogP contribution < -0.4 is 5.32 Å². The van der Waals surface area contributed by atoms with E-state index in [2.05, 4.69) is 5.32 Å². The Balaban J connectivity index is 2.19. The van der Waals surface area contributed by atoms with Crippen molar-refractivity contribution < 1.29 is 18.3 Å². The van der Waals surface area contributed by atoms with Gasteiger partial charge < -0.3 is 10.4 Å². The molecule has 2 aromatic rings. The zero-order valence-corrected chi connectivity index (χ0v) is 10.2. The van der Waals surface area contributed by atoms with E-state index in [1.54, 1.807) is 19.1 Å². The zero-order chi connectivity index (χ0) is 14.0. The van der Waals surface area contributed by atoms with E-state index in [1.165, 1.54) is 6.07 Å². The number of benzene rings is 2. The van der Waals surface area contributed by atoms with Gasteiger partial charge in [-0.25, -0.2) is 13.2 Å². The molecule has 2 aromatic carbocycles. The van der Waals surface area contributed by atoms with Crippen LogP contribution in [0.1, 0.15) is 11.1 Å². The number of anilines is 1. The van der Waals surface area contributed by atoms with Gasteiger partial charge in [0.15, 0.2) is 17.4 Å². The van der Waals surface area contributed by atoms with Gasteiger partial charge in [-0.3, -0.25) is 0 Å². The Kier molecular flexibility index (Phi) is 3.64. The van der Waals surface area contributed by atoms with Gasteiger partial charge in [-0.05, 0) is 36.2 Å². The molecule has 0 radical (unpaired) electrons. The highest BCUT2D eigenvalue weighted by Crippen LogP contribution is 2.23. The molecule has 0 bridgehead atoms. The van der Waals surface area contributed by atoms with E-state index in [1.807, 2.05) is 0 Å². The van der Waals surface area contributed by atoms with Crippen molar-refractivity contribution in [2.24, 2.45) is 0 Å². The van der Waals surface area contributed by atoms with E-state index in [0.717, 1.165) is 12.1 Å². The Morgan fingerprint density at radius 2 is 1.68 bits per heavy atom. The molecular formula is C14H12F3NO. The van der Waals surface area contributed by atoms with Crippen LogP contribution >= 0.6 is 0 Å². The average molecular weight is 267 g/mol. The van der Waals surface area contributed by atoms with Crippen LogP contribution in [0.3, 0.4) is 0 Å². The van der Waals surface area contributed by atoms with E-state index in [0.29, 0.717) is 5.56 Å². The van der Waals surface area contributed by atoms with Crippen LogP contribution in [0.5, 0.6) is 5.75 Å². The van der Waals surface area contributed by atoms with Gasteiger partial charge in [0.05, 0.1) is 5.69 Å². The fourth-order valence-electron chi connectivity index (χ4n) is 1.77. The van der Waals surface area contributed by atoms with Gasteiger partial charge in [0.1, 0.15) is 5.82 Å². The summed E-state index contributed by atoms with van der Waals surface area (Å²) >= 11 is 0. The maximum absolute atomic E-state index is 13.5. The number of nitrogens with one attached hydrogen (secondary N) is 1. The summed E-state index contributed by atoms with van der Waals surface area (Å²) in [4.78, 5) is 0. The van der Waals surface area contributed by atoms with Crippen molar-refractivity contribution in [1.29, 1.82) is 0 Å². The number of halogens is 3. The summed E-state index contributed by atoms with van der Waals surface area (Å²) < 4.78 is 39.8. The number of aryl methyl sites for hydroxylation is 1. The van der Waals surface area contributed by atoms with E-state index in [9.17, 15) is 13.2 Å². The van der Waals surface area contributed by atoms with Crippen molar-refractivity contribution in [1.82, 2.24) is 0 Å². The molecule has 0 unspecified atom stereocenters. The fraction of sp³-hybridized carbons (Fsp3) is 0.143. The first kappa shape index (κ1) is 13.3. The normalized spacial score (nSPS) is 10.5. The molecule has 2 N–H and O–H groups in total.